The van der Waals surface area contributed by atoms with E-state index in [1.165, 1.54) is 11.8 Å². The molecule has 2 aromatic rings. The molecule has 0 aliphatic carbocycles. The van der Waals surface area contributed by atoms with Crippen LogP contribution in [0.2, 0.25) is 0 Å². The molecule has 0 aromatic heterocycles. The van der Waals surface area contributed by atoms with Crippen LogP contribution in [0.5, 0.6) is 11.5 Å². The van der Waals surface area contributed by atoms with E-state index >= 15 is 0 Å². The van der Waals surface area contributed by atoms with E-state index in [1.54, 1.807) is 45.6 Å². The molecule has 0 unspecified atom stereocenters. The van der Waals surface area contributed by atoms with Gasteiger partial charge in [-0.3, -0.25) is 9.59 Å². The van der Waals surface area contributed by atoms with Gasteiger partial charge in [0.15, 0.2) is 11.5 Å². The second-order valence-electron chi connectivity index (χ2n) is 6.14. The highest BCUT2D eigenvalue weighted by molar-refractivity contribution is 8.04. The van der Waals surface area contributed by atoms with Crippen molar-refractivity contribution in [2.45, 2.75) is 4.90 Å². The standard InChI is InChI=1S/C21H22N2O5S/c1-26-9-8-22-20(24)14-5-7-18-15(12-14)23-21(25)19(29-18)11-13-4-6-16(27-2)17(10-13)28-3/h4-7,10-12H,8-9H2,1-3H3,(H,22,24)(H,23,25). The fourth-order valence-electron chi connectivity index (χ4n) is 2.76. The predicted octanol–water partition coefficient (Wildman–Crippen LogP) is 3.17. The lowest BCUT2D eigenvalue weighted by Crippen LogP contribution is -2.27. The maximum atomic E-state index is 12.6. The highest BCUT2D eigenvalue weighted by atomic mass is 32.2. The summed E-state index contributed by atoms with van der Waals surface area (Å²) in [7, 11) is 4.71. The highest BCUT2D eigenvalue weighted by Crippen LogP contribution is 2.40. The van der Waals surface area contributed by atoms with Crippen LogP contribution in [0.25, 0.3) is 6.08 Å². The lowest BCUT2D eigenvalue weighted by Gasteiger charge is -2.19. The van der Waals surface area contributed by atoms with Crippen LogP contribution < -0.4 is 20.1 Å². The molecule has 0 saturated carbocycles. The van der Waals surface area contributed by atoms with Crippen molar-refractivity contribution >= 4 is 35.3 Å². The van der Waals surface area contributed by atoms with E-state index in [0.717, 1.165) is 10.5 Å². The first-order valence-corrected chi connectivity index (χ1v) is 9.71. The van der Waals surface area contributed by atoms with Gasteiger partial charge in [-0.15, -0.1) is 0 Å². The quantitative estimate of drug-likeness (QED) is 0.535. The van der Waals surface area contributed by atoms with E-state index in [9.17, 15) is 9.59 Å². The number of methoxy groups -OCH3 is 3. The third-order valence-electron chi connectivity index (χ3n) is 4.23. The van der Waals surface area contributed by atoms with Crippen molar-refractivity contribution in [3.8, 4) is 11.5 Å². The van der Waals surface area contributed by atoms with Gasteiger partial charge in [0.05, 0.1) is 31.4 Å². The van der Waals surface area contributed by atoms with Gasteiger partial charge in [0.25, 0.3) is 11.8 Å². The minimum Gasteiger partial charge on any atom is -0.493 e. The topological polar surface area (TPSA) is 85.9 Å². The zero-order valence-electron chi connectivity index (χ0n) is 16.4. The Hall–Kier alpha value is -2.97. The van der Waals surface area contributed by atoms with E-state index in [0.29, 0.717) is 40.8 Å². The molecule has 1 aliphatic rings. The number of anilines is 1. The van der Waals surface area contributed by atoms with Gasteiger partial charge < -0.3 is 24.8 Å². The maximum Gasteiger partial charge on any atom is 0.262 e. The van der Waals surface area contributed by atoms with Crippen molar-refractivity contribution in [1.82, 2.24) is 5.32 Å². The molecule has 152 valence electrons. The Morgan fingerprint density at radius 3 is 2.62 bits per heavy atom. The minimum absolute atomic E-state index is 0.212. The van der Waals surface area contributed by atoms with Gasteiger partial charge in [-0.1, -0.05) is 17.8 Å². The molecule has 0 fully saturated rings. The van der Waals surface area contributed by atoms with Crippen LogP contribution in [-0.2, 0) is 9.53 Å². The molecule has 0 radical (unpaired) electrons. The summed E-state index contributed by atoms with van der Waals surface area (Å²) in [6, 6.07) is 10.7. The number of thioether (sulfide) groups is 1. The van der Waals surface area contributed by atoms with Gasteiger partial charge in [0.1, 0.15) is 0 Å². The Morgan fingerprint density at radius 1 is 1.10 bits per heavy atom. The molecule has 1 aliphatic heterocycles. The van der Waals surface area contributed by atoms with Gasteiger partial charge in [-0.25, -0.2) is 0 Å². The zero-order chi connectivity index (χ0) is 20.8. The number of carbonyl (C=O) groups is 2. The molecule has 0 saturated heterocycles. The molecule has 0 atom stereocenters. The molecule has 1 heterocycles. The second kappa shape index (κ2) is 9.49. The van der Waals surface area contributed by atoms with E-state index in [2.05, 4.69) is 10.6 Å². The molecule has 0 bridgehead atoms. The van der Waals surface area contributed by atoms with Crippen LogP contribution in [0.15, 0.2) is 46.2 Å². The van der Waals surface area contributed by atoms with Crippen molar-refractivity contribution < 1.29 is 23.8 Å². The first-order valence-electron chi connectivity index (χ1n) is 8.90. The Balaban J connectivity index is 1.80. The Morgan fingerprint density at radius 2 is 1.90 bits per heavy atom. The Labute approximate surface area is 173 Å². The summed E-state index contributed by atoms with van der Waals surface area (Å²) in [6.45, 7) is 0.860. The number of carbonyl (C=O) groups excluding carboxylic acids is 2. The van der Waals surface area contributed by atoms with Crippen LogP contribution in [0.1, 0.15) is 15.9 Å². The number of ether oxygens (including phenoxy) is 3. The molecule has 7 nitrogen and oxygen atoms in total. The monoisotopic (exact) mass is 414 g/mol. The number of nitrogens with one attached hydrogen (secondary N) is 2. The van der Waals surface area contributed by atoms with E-state index in [4.69, 9.17) is 14.2 Å². The van der Waals surface area contributed by atoms with E-state index in [1.807, 2.05) is 18.2 Å². The average molecular weight is 414 g/mol. The number of fused-ring (bicyclic) bond motifs is 1. The fourth-order valence-corrected chi connectivity index (χ4v) is 3.70. The number of amides is 2. The molecular formula is C21H22N2O5S. The fraction of sp³-hybridized carbons (Fsp3) is 0.238. The van der Waals surface area contributed by atoms with Crippen molar-refractivity contribution in [2.24, 2.45) is 0 Å². The largest absolute Gasteiger partial charge is 0.493 e. The van der Waals surface area contributed by atoms with Crippen LogP contribution in [0.3, 0.4) is 0 Å². The van der Waals surface area contributed by atoms with Crippen LogP contribution >= 0.6 is 11.8 Å². The number of hydrogen-bond donors (Lipinski definition) is 2. The summed E-state index contributed by atoms with van der Waals surface area (Å²) in [5.74, 6) is 0.773. The third kappa shape index (κ3) is 4.90. The van der Waals surface area contributed by atoms with Gasteiger partial charge >= 0.3 is 0 Å². The second-order valence-corrected chi connectivity index (χ2v) is 7.22. The summed E-state index contributed by atoms with van der Waals surface area (Å²) in [5.41, 5.74) is 1.91. The number of rotatable bonds is 7. The summed E-state index contributed by atoms with van der Waals surface area (Å²) in [5, 5.41) is 5.62. The minimum atomic E-state index is -0.228. The number of hydrogen-bond acceptors (Lipinski definition) is 6. The average Bonchev–Trinajstić information content (AvgIpc) is 2.73. The van der Waals surface area contributed by atoms with E-state index in [-0.39, 0.29) is 11.8 Å². The molecule has 2 N–H and O–H groups in total. The van der Waals surface area contributed by atoms with Crippen molar-refractivity contribution in [3.63, 3.8) is 0 Å². The number of benzene rings is 2. The smallest absolute Gasteiger partial charge is 0.262 e. The normalized spacial score (nSPS) is 14.2. The summed E-state index contributed by atoms with van der Waals surface area (Å²) >= 11 is 1.35. The third-order valence-corrected chi connectivity index (χ3v) is 5.33. The van der Waals surface area contributed by atoms with Crippen LogP contribution in [-0.4, -0.2) is 46.3 Å². The molecule has 8 heteroatoms. The van der Waals surface area contributed by atoms with Gasteiger partial charge in [-0.05, 0) is 42.0 Å². The van der Waals surface area contributed by atoms with Gasteiger partial charge in [0, 0.05) is 24.1 Å². The SMILES string of the molecule is COCCNC(=O)c1ccc2c(c1)NC(=O)C(=Cc1ccc(OC)c(OC)c1)S2. The summed E-state index contributed by atoms with van der Waals surface area (Å²) < 4.78 is 15.5. The van der Waals surface area contributed by atoms with Crippen molar-refractivity contribution in [1.29, 1.82) is 0 Å². The molecule has 0 spiro atoms. The Kier molecular flexibility index (Phi) is 6.79. The molecular weight excluding hydrogens is 392 g/mol. The molecule has 29 heavy (non-hydrogen) atoms. The molecule has 3 rings (SSSR count). The van der Waals surface area contributed by atoms with Gasteiger partial charge in [-0.2, -0.15) is 0 Å². The zero-order valence-corrected chi connectivity index (χ0v) is 17.2. The van der Waals surface area contributed by atoms with Gasteiger partial charge in [0.2, 0.25) is 0 Å². The van der Waals surface area contributed by atoms with Crippen molar-refractivity contribution in [3.05, 3.63) is 52.4 Å². The van der Waals surface area contributed by atoms with Crippen LogP contribution in [0.4, 0.5) is 5.69 Å². The first-order chi connectivity index (χ1) is 14.0. The lowest BCUT2D eigenvalue weighted by atomic mass is 10.1. The van der Waals surface area contributed by atoms with Crippen molar-refractivity contribution in [2.75, 3.05) is 39.8 Å². The lowest BCUT2D eigenvalue weighted by molar-refractivity contribution is -0.112. The van der Waals surface area contributed by atoms with E-state index < -0.39 is 0 Å². The maximum absolute atomic E-state index is 12.6. The summed E-state index contributed by atoms with van der Waals surface area (Å²) in [6.07, 6.45) is 1.79. The highest BCUT2D eigenvalue weighted by Gasteiger charge is 2.22. The summed E-state index contributed by atoms with van der Waals surface area (Å²) in [4.78, 5) is 26.2. The van der Waals surface area contributed by atoms with Crippen LogP contribution in [0, 0.1) is 0 Å². The first kappa shape index (κ1) is 20.8. The Bertz CT molecular complexity index is 958. The molecule has 2 aromatic carbocycles. The molecule has 2 amide bonds. The predicted molar refractivity (Wildman–Crippen MR) is 113 cm³/mol.